The number of hydrogen-bond donors (Lipinski definition) is 0. The number of nitriles is 1. The summed E-state index contributed by atoms with van der Waals surface area (Å²) in [4.78, 5) is 0. The molecule has 0 N–H and O–H groups in total. The van der Waals surface area contributed by atoms with E-state index in [9.17, 15) is 0 Å². The molecule has 1 heteroatoms. The summed E-state index contributed by atoms with van der Waals surface area (Å²) in [5, 5.41) is 8.51. The normalized spacial score (nSPS) is 12.3. The largest absolute Gasteiger partial charge is 0.198 e. The monoisotopic (exact) mass is 227 g/mol. The molecule has 0 amide bonds. The third-order valence-corrected chi connectivity index (χ3v) is 2.84. The minimum atomic E-state index is 0.213. The molecule has 0 saturated carbocycles. The summed E-state index contributed by atoms with van der Waals surface area (Å²) in [5.74, 6) is 0. The molecule has 0 saturated heterocycles. The second kappa shape index (κ2) is 5.68. The third-order valence-electron chi connectivity index (χ3n) is 2.84. The lowest BCUT2D eigenvalue weighted by Gasteiger charge is -2.19. The maximum absolute atomic E-state index is 8.51. The van der Waals surface area contributed by atoms with E-state index in [1.165, 1.54) is 16.7 Å². The van der Waals surface area contributed by atoms with E-state index in [0.717, 1.165) is 6.42 Å². The van der Waals surface area contributed by atoms with Crippen LogP contribution in [0.5, 0.6) is 0 Å². The second-order valence-electron chi connectivity index (χ2n) is 5.54. The number of hydrogen-bond acceptors (Lipinski definition) is 1. The SMILES string of the molecule is CC(=CCC#N)Cc1ccc(C(C)(C)C)cc1. The molecule has 0 bridgehead atoms. The van der Waals surface area contributed by atoms with Crippen LogP contribution in [0.1, 0.15) is 45.2 Å². The Bertz CT molecular complexity index is 424. The first-order valence-corrected chi connectivity index (χ1v) is 6.05. The highest BCUT2D eigenvalue weighted by molar-refractivity contribution is 5.29. The van der Waals surface area contributed by atoms with Gasteiger partial charge in [-0.25, -0.2) is 0 Å². The van der Waals surface area contributed by atoms with Crippen LogP contribution in [-0.2, 0) is 11.8 Å². The zero-order chi connectivity index (χ0) is 12.9. The van der Waals surface area contributed by atoms with Gasteiger partial charge < -0.3 is 0 Å². The van der Waals surface area contributed by atoms with Crippen LogP contribution >= 0.6 is 0 Å². The van der Waals surface area contributed by atoms with Gasteiger partial charge in [-0.3, -0.25) is 0 Å². The number of benzene rings is 1. The maximum atomic E-state index is 8.51. The van der Waals surface area contributed by atoms with Crippen LogP contribution in [0.3, 0.4) is 0 Å². The quantitative estimate of drug-likeness (QED) is 0.703. The predicted molar refractivity (Wildman–Crippen MR) is 72.8 cm³/mol. The molecule has 0 aliphatic rings. The van der Waals surface area contributed by atoms with Gasteiger partial charge in [-0.2, -0.15) is 5.26 Å². The molecule has 0 atom stereocenters. The van der Waals surface area contributed by atoms with Gasteiger partial charge in [-0.05, 0) is 29.9 Å². The van der Waals surface area contributed by atoms with Crippen molar-refractivity contribution in [3.8, 4) is 6.07 Å². The summed E-state index contributed by atoms with van der Waals surface area (Å²) in [6, 6.07) is 10.9. The van der Waals surface area contributed by atoms with E-state index in [-0.39, 0.29) is 5.41 Å². The van der Waals surface area contributed by atoms with Crippen molar-refractivity contribution in [1.82, 2.24) is 0 Å². The van der Waals surface area contributed by atoms with Crippen LogP contribution in [0.25, 0.3) is 0 Å². The first kappa shape index (κ1) is 13.5. The lowest BCUT2D eigenvalue weighted by Crippen LogP contribution is -2.10. The van der Waals surface area contributed by atoms with Crippen molar-refractivity contribution >= 4 is 0 Å². The van der Waals surface area contributed by atoms with Crippen LogP contribution < -0.4 is 0 Å². The fourth-order valence-corrected chi connectivity index (χ4v) is 1.74. The molecule has 1 rings (SSSR count). The molecule has 0 heterocycles. The molecule has 0 aliphatic heterocycles. The highest BCUT2D eigenvalue weighted by atomic mass is 14.2. The molecule has 1 nitrogen and oxygen atoms in total. The molecule has 0 aliphatic carbocycles. The Hall–Kier alpha value is -1.55. The number of nitrogens with zero attached hydrogens (tertiary/aromatic N) is 1. The van der Waals surface area contributed by atoms with Crippen molar-refractivity contribution < 1.29 is 0 Å². The molecule has 0 spiro atoms. The fourth-order valence-electron chi connectivity index (χ4n) is 1.74. The van der Waals surface area contributed by atoms with E-state index in [1.54, 1.807) is 0 Å². The first-order chi connectivity index (χ1) is 7.93. The Morgan fingerprint density at radius 1 is 1.24 bits per heavy atom. The molecule has 0 aromatic heterocycles. The molecule has 1 aromatic carbocycles. The summed E-state index contributed by atoms with van der Waals surface area (Å²) in [6.07, 6.45) is 3.44. The van der Waals surface area contributed by atoms with Crippen molar-refractivity contribution in [2.45, 2.75) is 46.0 Å². The molecule has 17 heavy (non-hydrogen) atoms. The zero-order valence-corrected chi connectivity index (χ0v) is 11.2. The smallest absolute Gasteiger partial charge is 0.0663 e. The maximum Gasteiger partial charge on any atom is 0.0663 e. The van der Waals surface area contributed by atoms with E-state index in [2.05, 4.69) is 58.0 Å². The standard InChI is InChI=1S/C16H21N/c1-13(6-5-11-17)12-14-7-9-15(10-8-14)16(2,3)4/h6-10H,5,12H2,1-4H3. The van der Waals surface area contributed by atoms with E-state index in [0.29, 0.717) is 6.42 Å². The van der Waals surface area contributed by atoms with Crippen LogP contribution in [0.15, 0.2) is 35.9 Å². The fraction of sp³-hybridized carbons (Fsp3) is 0.438. The summed E-state index contributed by atoms with van der Waals surface area (Å²) < 4.78 is 0. The summed E-state index contributed by atoms with van der Waals surface area (Å²) in [5.41, 5.74) is 4.14. The van der Waals surface area contributed by atoms with Crippen LogP contribution in [0.2, 0.25) is 0 Å². The Morgan fingerprint density at radius 3 is 2.29 bits per heavy atom. The molecule has 0 fully saturated rings. The molecule has 0 unspecified atom stereocenters. The van der Waals surface area contributed by atoms with Crippen molar-refractivity contribution in [1.29, 1.82) is 5.26 Å². The highest BCUT2D eigenvalue weighted by Gasteiger charge is 2.12. The Kier molecular flexibility index (Phi) is 4.52. The lowest BCUT2D eigenvalue weighted by molar-refractivity contribution is 0.590. The topological polar surface area (TPSA) is 23.8 Å². The van der Waals surface area contributed by atoms with Gasteiger partial charge in [0.05, 0.1) is 12.5 Å². The molecular formula is C16H21N. The van der Waals surface area contributed by atoms with Crippen LogP contribution in [-0.4, -0.2) is 0 Å². The van der Waals surface area contributed by atoms with Crippen LogP contribution in [0, 0.1) is 11.3 Å². The van der Waals surface area contributed by atoms with Crippen molar-refractivity contribution in [2.75, 3.05) is 0 Å². The summed E-state index contributed by atoms with van der Waals surface area (Å²) in [7, 11) is 0. The Balaban J connectivity index is 2.73. The summed E-state index contributed by atoms with van der Waals surface area (Å²) in [6.45, 7) is 8.75. The van der Waals surface area contributed by atoms with E-state index >= 15 is 0 Å². The zero-order valence-electron chi connectivity index (χ0n) is 11.2. The first-order valence-electron chi connectivity index (χ1n) is 6.05. The minimum absolute atomic E-state index is 0.213. The summed E-state index contributed by atoms with van der Waals surface area (Å²) >= 11 is 0. The average molecular weight is 227 g/mol. The average Bonchev–Trinajstić information content (AvgIpc) is 2.26. The van der Waals surface area contributed by atoms with Crippen molar-refractivity contribution in [3.05, 3.63) is 47.0 Å². The van der Waals surface area contributed by atoms with Gasteiger partial charge in [0.2, 0.25) is 0 Å². The molecule has 0 radical (unpaired) electrons. The van der Waals surface area contributed by atoms with Gasteiger partial charge >= 0.3 is 0 Å². The third kappa shape index (κ3) is 4.44. The minimum Gasteiger partial charge on any atom is -0.198 e. The Morgan fingerprint density at radius 2 is 1.82 bits per heavy atom. The lowest BCUT2D eigenvalue weighted by atomic mass is 9.86. The van der Waals surface area contributed by atoms with Gasteiger partial charge in [0.25, 0.3) is 0 Å². The second-order valence-corrected chi connectivity index (χ2v) is 5.54. The number of allylic oxidation sites excluding steroid dienone is 2. The number of rotatable bonds is 3. The molecule has 1 aromatic rings. The molecular weight excluding hydrogens is 206 g/mol. The predicted octanol–water partition coefficient (Wildman–Crippen LogP) is 4.39. The van der Waals surface area contributed by atoms with E-state index in [1.807, 2.05) is 6.08 Å². The van der Waals surface area contributed by atoms with E-state index < -0.39 is 0 Å². The van der Waals surface area contributed by atoms with Gasteiger partial charge in [0.1, 0.15) is 0 Å². The van der Waals surface area contributed by atoms with E-state index in [4.69, 9.17) is 5.26 Å². The van der Waals surface area contributed by atoms with Gasteiger partial charge in [-0.1, -0.05) is 56.7 Å². The van der Waals surface area contributed by atoms with Gasteiger partial charge in [0, 0.05) is 0 Å². The van der Waals surface area contributed by atoms with Gasteiger partial charge in [0.15, 0.2) is 0 Å². The Labute approximate surface area is 105 Å². The highest BCUT2D eigenvalue weighted by Crippen LogP contribution is 2.22. The van der Waals surface area contributed by atoms with Crippen molar-refractivity contribution in [2.24, 2.45) is 0 Å². The van der Waals surface area contributed by atoms with Gasteiger partial charge in [-0.15, -0.1) is 0 Å². The molecule has 90 valence electrons. The van der Waals surface area contributed by atoms with Crippen molar-refractivity contribution in [3.63, 3.8) is 0 Å². The van der Waals surface area contributed by atoms with Crippen LogP contribution in [0.4, 0.5) is 0 Å².